The smallest absolute Gasteiger partial charge is 0.298 e. The molecule has 0 radical (unpaired) electrons. The second kappa shape index (κ2) is 6.80. The summed E-state index contributed by atoms with van der Waals surface area (Å²) in [5.41, 5.74) is 1.17. The number of amides is 2. The van der Waals surface area contributed by atoms with Crippen LogP contribution in [0.4, 0.5) is 10.5 Å². The van der Waals surface area contributed by atoms with E-state index in [1.165, 1.54) is 12.1 Å². The lowest BCUT2D eigenvalue weighted by Crippen LogP contribution is -2.28. The number of imide groups is 1. The number of phenolic OH excluding ortho intramolecular Hbond substituents is 1. The molecule has 0 unspecified atom stereocenters. The van der Waals surface area contributed by atoms with Crippen molar-refractivity contribution in [1.29, 1.82) is 0 Å². The van der Waals surface area contributed by atoms with Gasteiger partial charge in [0.25, 0.3) is 11.1 Å². The van der Waals surface area contributed by atoms with E-state index in [0.29, 0.717) is 22.9 Å². The molecule has 1 aliphatic rings. The largest absolute Gasteiger partial charge is 0.508 e. The Labute approximate surface area is 143 Å². The van der Waals surface area contributed by atoms with E-state index in [0.717, 1.165) is 22.2 Å². The normalized spacial score (nSPS) is 16.0. The predicted molar refractivity (Wildman–Crippen MR) is 94.2 cm³/mol. The Morgan fingerprint density at radius 3 is 2.54 bits per heavy atom. The van der Waals surface area contributed by atoms with Crippen LogP contribution in [-0.2, 0) is 4.79 Å². The number of ether oxygens (including phenoxy) is 1. The minimum absolute atomic E-state index is 0.144. The monoisotopic (exact) mass is 341 g/mol. The molecule has 1 N–H and O–H groups in total. The first kappa shape index (κ1) is 16.1. The summed E-state index contributed by atoms with van der Waals surface area (Å²) in [6.45, 7) is 2.28. The highest BCUT2D eigenvalue weighted by Gasteiger charge is 2.37. The number of aromatic hydroxyl groups is 1. The molecule has 2 amide bonds. The van der Waals surface area contributed by atoms with Gasteiger partial charge in [-0.2, -0.15) is 0 Å². The number of nitrogens with zero attached hydrogens (tertiary/aromatic N) is 1. The number of benzene rings is 2. The van der Waals surface area contributed by atoms with E-state index >= 15 is 0 Å². The summed E-state index contributed by atoms with van der Waals surface area (Å²) in [4.78, 5) is 26.4. The Balaban J connectivity index is 1.94. The molecule has 2 aromatic carbocycles. The molecule has 3 rings (SSSR count). The van der Waals surface area contributed by atoms with Crippen molar-refractivity contribution in [2.45, 2.75) is 6.92 Å². The van der Waals surface area contributed by atoms with E-state index in [2.05, 4.69) is 0 Å². The summed E-state index contributed by atoms with van der Waals surface area (Å²) in [6, 6.07) is 13.4. The van der Waals surface area contributed by atoms with Crippen LogP contribution in [0.15, 0.2) is 53.4 Å². The van der Waals surface area contributed by atoms with Crippen LogP contribution in [0.5, 0.6) is 11.5 Å². The van der Waals surface area contributed by atoms with E-state index in [1.54, 1.807) is 42.5 Å². The van der Waals surface area contributed by atoms with Crippen molar-refractivity contribution in [3.8, 4) is 11.5 Å². The highest BCUT2D eigenvalue weighted by atomic mass is 32.2. The number of carbonyl (C=O) groups excluding carboxylic acids is 2. The number of para-hydroxylation sites is 2. The fourth-order valence-electron chi connectivity index (χ4n) is 2.32. The Kier molecular flexibility index (Phi) is 4.57. The third kappa shape index (κ3) is 3.14. The number of hydrogen-bond acceptors (Lipinski definition) is 5. The van der Waals surface area contributed by atoms with Gasteiger partial charge in [0.05, 0.1) is 17.2 Å². The zero-order valence-electron chi connectivity index (χ0n) is 12.9. The highest BCUT2D eigenvalue weighted by Crippen LogP contribution is 2.39. The average molecular weight is 341 g/mol. The molecule has 1 aliphatic heterocycles. The van der Waals surface area contributed by atoms with Gasteiger partial charge < -0.3 is 9.84 Å². The molecular formula is C18H15NO4S. The van der Waals surface area contributed by atoms with E-state index < -0.39 is 0 Å². The number of thioether (sulfide) groups is 1. The average Bonchev–Trinajstić information content (AvgIpc) is 2.85. The fourth-order valence-corrected chi connectivity index (χ4v) is 3.15. The van der Waals surface area contributed by atoms with E-state index in [4.69, 9.17) is 4.74 Å². The van der Waals surface area contributed by atoms with Gasteiger partial charge in [-0.25, -0.2) is 4.90 Å². The van der Waals surface area contributed by atoms with Gasteiger partial charge in [0, 0.05) is 0 Å². The predicted octanol–water partition coefficient (Wildman–Crippen LogP) is 4.03. The zero-order chi connectivity index (χ0) is 17.1. The molecule has 5 nitrogen and oxygen atoms in total. The van der Waals surface area contributed by atoms with Gasteiger partial charge in [-0.3, -0.25) is 9.59 Å². The molecular weight excluding hydrogens is 326 g/mol. The lowest BCUT2D eigenvalue weighted by atomic mass is 10.2. The second-order valence-electron chi connectivity index (χ2n) is 5.01. The SMILES string of the molecule is CCOc1ccccc1N1C(=O)S/C(=C\c2ccc(O)cc2)C1=O. The van der Waals surface area contributed by atoms with Crippen molar-refractivity contribution in [2.24, 2.45) is 0 Å². The summed E-state index contributed by atoms with van der Waals surface area (Å²) in [7, 11) is 0. The Morgan fingerprint density at radius 1 is 1.12 bits per heavy atom. The fraction of sp³-hybridized carbons (Fsp3) is 0.111. The van der Waals surface area contributed by atoms with E-state index in [9.17, 15) is 14.7 Å². The molecule has 122 valence electrons. The molecule has 1 heterocycles. The number of anilines is 1. The lowest BCUT2D eigenvalue weighted by Gasteiger charge is -2.16. The molecule has 1 saturated heterocycles. The van der Waals surface area contributed by atoms with Gasteiger partial charge in [0.15, 0.2) is 0 Å². The third-order valence-corrected chi connectivity index (χ3v) is 4.26. The topological polar surface area (TPSA) is 66.8 Å². The van der Waals surface area contributed by atoms with Gasteiger partial charge in [-0.15, -0.1) is 0 Å². The molecule has 1 fully saturated rings. The molecule has 2 aromatic rings. The highest BCUT2D eigenvalue weighted by molar-refractivity contribution is 8.19. The number of hydrogen-bond donors (Lipinski definition) is 1. The lowest BCUT2D eigenvalue weighted by molar-refractivity contribution is -0.113. The first-order chi connectivity index (χ1) is 11.6. The quantitative estimate of drug-likeness (QED) is 0.851. The van der Waals surface area contributed by atoms with Crippen LogP contribution in [0.1, 0.15) is 12.5 Å². The summed E-state index contributed by atoms with van der Waals surface area (Å²) in [6.07, 6.45) is 1.63. The minimum atomic E-state index is -0.384. The molecule has 0 saturated carbocycles. The van der Waals surface area contributed by atoms with Crippen LogP contribution < -0.4 is 9.64 Å². The van der Waals surface area contributed by atoms with Crippen molar-refractivity contribution in [3.05, 3.63) is 59.0 Å². The van der Waals surface area contributed by atoms with Gasteiger partial charge >= 0.3 is 0 Å². The van der Waals surface area contributed by atoms with Gasteiger partial charge in [0.2, 0.25) is 0 Å². The standard InChI is InChI=1S/C18H15NO4S/c1-2-23-15-6-4-3-5-14(15)19-17(21)16(24-18(19)22)11-12-7-9-13(20)10-8-12/h3-11,20H,2H2,1H3/b16-11-. The Hall–Kier alpha value is -2.73. The molecule has 24 heavy (non-hydrogen) atoms. The maximum atomic E-state index is 12.7. The van der Waals surface area contributed by atoms with Crippen LogP contribution in [0.3, 0.4) is 0 Å². The van der Waals surface area contributed by atoms with Gasteiger partial charge in [0.1, 0.15) is 11.5 Å². The summed E-state index contributed by atoms with van der Waals surface area (Å²) in [5.74, 6) is 0.254. The Morgan fingerprint density at radius 2 is 1.83 bits per heavy atom. The summed E-state index contributed by atoms with van der Waals surface area (Å²) in [5, 5.41) is 8.95. The number of rotatable bonds is 4. The van der Waals surface area contributed by atoms with Gasteiger partial charge in [-0.05, 0) is 54.6 Å². The summed E-state index contributed by atoms with van der Waals surface area (Å²) >= 11 is 0.883. The first-order valence-electron chi connectivity index (χ1n) is 7.39. The molecule has 0 aromatic heterocycles. The maximum absolute atomic E-state index is 12.7. The molecule has 0 bridgehead atoms. The third-order valence-electron chi connectivity index (χ3n) is 3.39. The van der Waals surface area contributed by atoms with Crippen LogP contribution in [0.25, 0.3) is 6.08 Å². The van der Waals surface area contributed by atoms with Gasteiger partial charge in [-0.1, -0.05) is 24.3 Å². The Bertz CT molecular complexity index is 814. The number of carbonyl (C=O) groups is 2. The van der Waals surface area contributed by atoms with Crippen LogP contribution in [0, 0.1) is 0 Å². The zero-order valence-corrected chi connectivity index (χ0v) is 13.7. The summed E-state index contributed by atoms with van der Waals surface area (Å²) < 4.78 is 5.51. The van der Waals surface area contributed by atoms with E-state index in [1.807, 2.05) is 6.92 Å². The van der Waals surface area contributed by atoms with E-state index in [-0.39, 0.29) is 16.9 Å². The maximum Gasteiger partial charge on any atom is 0.298 e. The van der Waals surface area contributed by atoms with Crippen molar-refractivity contribution in [2.75, 3.05) is 11.5 Å². The molecule has 0 aliphatic carbocycles. The number of phenols is 1. The molecule has 0 spiro atoms. The van der Waals surface area contributed by atoms with Crippen molar-refractivity contribution in [3.63, 3.8) is 0 Å². The van der Waals surface area contributed by atoms with Crippen LogP contribution in [-0.4, -0.2) is 22.9 Å². The second-order valence-corrected chi connectivity index (χ2v) is 6.00. The molecule has 0 atom stereocenters. The van der Waals surface area contributed by atoms with Crippen molar-refractivity contribution >= 4 is 34.7 Å². The van der Waals surface area contributed by atoms with Crippen LogP contribution >= 0.6 is 11.8 Å². The van der Waals surface area contributed by atoms with Crippen molar-refractivity contribution in [1.82, 2.24) is 0 Å². The van der Waals surface area contributed by atoms with Crippen molar-refractivity contribution < 1.29 is 19.4 Å². The van der Waals surface area contributed by atoms with Crippen LogP contribution in [0.2, 0.25) is 0 Å². The minimum Gasteiger partial charge on any atom is -0.508 e. The first-order valence-corrected chi connectivity index (χ1v) is 8.20. The molecule has 6 heteroatoms.